The van der Waals surface area contributed by atoms with Crippen LogP contribution in [0.5, 0.6) is 5.75 Å². The summed E-state index contributed by atoms with van der Waals surface area (Å²) in [6, 6.07) is 7.99. The minimum Gasteiger partial charge on any atom is -0.491 e. The Labute approximate surface area is 92.4 Å². The van der Waals surface area contributed by atoms with Gasteiger partial charge in [-0.1, -0.05) is 26.0 Å². The summed E-state index contributed by atoms with van der Waals surface area (Å²) in [5, 5.41) is 0. The van der Waals surface area contributed by atoms with Crippen LogP contribution in [-0.2, 0) is 6.54 Å². The third-order valence-electron chi connectivity index (χ3n) is 2.30. The zero-order valence-electron chi connectivity index (χ0n) is 9.86. The van der Waals surface area contributed by atoms with Gasteiger partial charge in [0.25, 0.3) is 0 Å². The first-order chi connectivity index (χ1) is 7.11. The van der Waals surface area contributed by atoms with Crippen molar-refractivity contribution in [2.24, 2.45) is 11.7 Å². The summed E-state index contributed by atoms with van der Waals surface area (Å²) in [4.78, 5) is 0. The first-order valence-electron chi connectivity index (χ1n) is 5.57. The van der Waals surface area contributed by atoms with Crippen molar-refractivity contribution in [3.63, 3.8) is 0 Å². The summed E-state index contributed by atoms with van der Waals surface area (Å²) in [7, 11) is 0. The van der Waals surface area contributed by atoms with Crippen LogP contribution in [0.25, 0.3) is 0 Å². The quantitative estimate of drug-likeness (QED) is 0.805. The largest absolute Gasteiger partial charge is 0.491 e. The molecule has 0 saturated heterocycles. The maximum absolute atomic E-state index is 5.78. The summed E-state index contributed by atoms with van der Waals surface area (Å²) in [6.07, 6.45) is 1.35. The second kappa shape index (κ2) is 5.76. The summed E-state index contributed by atoms with van der Waals surface area (Å²) >= 11 is 0. The van der Waals surface area contributed by atoms with Crippen molar-refractivity contribution in [2.45, 2.75) is 39.8 Å². The first kappa shape index (κ1) is 12.1. The second-order valence-corrected chi connectivity index (χ2v) is 4.41. The smallest absolute Gasteiger partial charge is 0.119 e. The van der Waals surface area contributed by atoms with Gasteiger partial charge in [0.15, 0.2) is 0 Å². The Morgan fingerprint density at radius 2 is 1.73 bits per heavy atom. The molecule has 1 aromatic rings. The van der Waals surface area contributed by atoms with E-state index in [0.29, 0.717) is 12.5 Å². The normalized spacial score (nSPS) is 12.9. The van der Waals surface area contributed by atoms with Gasteiger partial charge in [-0.2, -0.15) is 0 Å². The summed E-state index contributed by atoms with van der Waals surface area (Å²) in [5.74, 6) is 1.60. The van der Waals surface area contributed by atoms with Crippen molar-refractivity contribution in [3.05, 3.63) is 29.8 Å². The number of benzene rings is 1. The predicted octanol–water partition coefficient (Wildman–Crippen LogP) is 2.96. The SMILES string of the molecule is CC(C)CC(C)Oc1ccc(CN)cc1. The van der Waals surface area contributed by atoms with E-state index in [4.69, 9.17) is 10.5 Å². The summed E-state index contributed by atoms with van der Waals surface area (Å²) in [5.41, 5.74) is 6.66. The van der Waals surface area contributed by atoms with Crippen molar-refractivity contribution in [1.82, 2.24) is 0 Å². The average Bonchev–Trinajstić information content (AvgIpc) is 2.17. The van der Waals surface area contributed by atoms with Crippen molar-refractivity contribution in [2.75, 3.05) is 0 Å². The minimum absolute atomic E-state index is 0.272. The molecule has 84 valence electrons. The molecule has 1 rings (SSSR count). The van der Waals surface area contributed by atoms with Crippen molar-refractivity contribution >= 4 is 0 Å². The van der Waals surface area contributed by atoms with Gasteiger partial charge in [0.05, 0.1) is 6.10 Å². The highest BCUT2D eigenvalue weighted by Gasteiger charge is 2.06. The number of ether oxygens (including phenoxy) is 1. The van der Waals surface area contributed by atoms with Crippen LogP contribution in [0, 0.1) is 5.92 Å². The molecule has 1 aromatic carbocycles. The van der Waals surface area contributed by atoms with Crippen LogP contribution in [0.4, 0.5) is 0 Å². The molecule has 0 amide bonds. The van der Waals surface area contributed by atoms with Crippen LogP contribution in [0.15, 0.2) is 24.3 Å². The Morgan fingerprint density at radius 3 is 2.20 bits per heavy atom. The van der Waals surface area contributed by atoms with Gasteiger partial charge in [-0.15, -0.1) is 0 Å². The molecule has 0 fully saturated rings. The zero-order chi connectivity index (χ0) is 11.3. The standard InChI is InChI=1S/C13H21NO/c1-10(2)8-11(3)15-13-6-4-12(9-14)5-7-13/h4-7,10-11H,8-9,14H2,1-3H3. The number of rotatable bonds is 5. The number of hydrogen-bond donors (Lipinski definition) is 1. The molecular weight excluding hydrogens is 186 g/mol. The Kier molecular flexibility index (Phi) is 4.63. The van der Waals surface area contributed by atoms with Gasteiger partial charge in [-0.3, -0.25) is 0 Å². The van der Waals surface area contributed by atoms with E-state index >= 15 is 0 Å². The van der Waals surface area contributed by atoms with Gasteiger partial charge in [-0.05, 0) is 37.0 Å². The fraction of sp³-hybridized carbons (Fsp3) is 0.538. The van der Waals surface area contributed by atoms with Crippen LogP contribution < -0.4 is 10.5 Å². The van der Waals surface area contributed by atoms with E-state index in [-0.39, 0.29) is 6.10 Å². The monoisotopic (exact) mass is 207 g/mol. The highest BCUT2D eigenvalue weighted by atomic mass is 16.5. The third-order valence-corrected chi connectivity index (χ3v) is 2.30. The number of nitrogens with two attached hydrogens (primary N) is 1. The molecular formula is C13H21NO. The van der Waals surface area contributed by atoms with Gasteiger partial charge >= 0.3 is 0 Å². The molecule has 15 heavy (non-hydrogen) atoms. The van der Waals surface area contributed by atoms with E-state index in [1.807, 2.05) is 24.3 Å². The molecule has 0 radical (unpaired) electrons. The molecule has 0 aliphatic rings. The van der Waals surface area contributed by atoms with E-state index in [1.54, 1.807) is 0 Å². The molecule has 0 aliphatic heterocycles. The van der Waals surface area contributed by atoms with Gasteiger partial charge in [0.1, 0.15) is 5.75 Å². The number of hydrogen-bond acceptors (Lipinski definition) is 2. The molecule has 2 N–H and O–H groups in total. The Hall–Kier alpha value is -1.02. The van der Waals surface area contributed by atoms with Gasteiger partial charge in [-0.25, -0.2) is 0 Å². The summed E-state index contributed by atoms with van der Waals surface area (Å²) in [6.45, 7) is 7.10. The molecule has 0 aliphatic carbocycles. The third kappa shape index (κ3) is 4.34. The maximum Gasteiger partial charge on any atom is 0.119 e. The fourth-order valence-corrected chi connectivity index (χ4v) is 1.65. The molecule has 0 saturated carbocycles. The fourth-order valence-electron chi connectivity index (χ4n) is 1.65. The predicted molar refractivity (Wildman–Crippen MR) is 63.9 cm³/mol. The molecule has 1 unspecified atom stereocenters. The van der Waals surface area contributed by atoms with Crippen LogP contribution >= 0.6 is 0 Å². The van der Waals surface area contributed by atoms with E-state index in [9.17, 15) is 0 Å². The zero-order valence-corrected chi connectivity index (χ0v) is 9.86. The maximum atomic E-state index is 5.78. The van der Waals surface area contributed by atoms with Gasteiger partial charge in [0.2, 0.25) is 0 Å². The first-order valence-corrected chi connectivity index (χ1v) is 5.57. The van der Waals surface area contributed by atoms with Crippen LogP contribution in [0.1, 0.15) is 32.8 Å². The topological polar surface area (TPSA) is 35.2 Å². The van der Waals surface area contributed by atoms with Crippen molar-refractivity contribution in [3.8, 4) is 5.75 Å². The minimum atomic E-state index is 0.272. The van der Waals surface area contributed by atoms with E-state index in [0.717, 1.165) is 17.7 Å². The summed E-state index contributed by atoms with van der Waals surface area (Å²) < 4.78 is 5.78. The molecule has 0 heterocycles. The molecule has 1 atom stereocenters. The van der Waals surface area contributed by atoms with Crippen molar-refractivity contribution < 1.29 is 4.74 Å². The molecule has 0 bridgehead atoms. The Balaban J connectivity index is 2.49. The Bertz CT molecular complexity index is 279. The second-order valence-electron chi connectivity index (χ2n) is 4.41. The lowest BCUT2D eigenvalue weighted by atomic mass is 10.1. The lowest BCUT2D eigenvalue weighted by molar-refractivity contribution is 0.193. The molecule has 0 spiro atoms. The van der Waals surface area contributed by atoms with Crippen LogP contribution in [-0.4, -0.2) is 6.10 Å². The van der Waals surface area contributed by atoms with E-state index in [1.165, 1.54) is 0 Å². The average molecular weight is 207 g/mol. The van der Waals surface area contributed by atoms with E-state index < -0.39 is 0 Å². The lowest BCUT2D eigenvalue weighted by Crippen LogP contribution is -2.14. The molecule has 2 heteroatoms. The Morgan fingerprint density at radius 1 is 1.13 bits per heavy atom. The van der Waals surface area contributed by atoms with E-state index in [2.05, 4.69) is 20.8 Å². The molecule has 2 nitrogen and oxygen atoms in total. The van der Waals surface area contributed by atoms with Crippen molar-refractivity contribution in [1.29, 1.82) is 0 Å². The highest BCUT2D eigenvalue weighted by molar-refractivity contribution is 5.27. The lowest BCUT2D eigenvalue weighted by Gasteiger charge is -2.16. The van der Waals surface area contributed by atoms with Gasteiger partial charge < -0.3 is 10.5 Å². The van der Waals surface area contributed by atoms with Gasteiger partial charge in [0, 0.05) is 6.54 Å². The van der Waals surface area contributed by atoms with Crippen LogP contribution in [0.3, 0.4) is 0 Å². The highest BCUT2D eigenvalue weighted by Crippen LogP contribution is 2.16. The molecule has 0 aromatic heterocycles. The van der Waals surface area contributed by atoms with Crippen LogP contribution in [0.2, 0.25) is 0 Å².